The predicted octanol–water partition coefficient (Wildman–Crippen LogP) is 1.24. The zero-order chi connectivity index (χ0) is 16.7. The van der Waals surface area contributed by atoms with E-state index in [4.69, 9.17) is 0 Å². The molecule has 3 amide bonds. The van der Waals surface area contributed by atoms with E-state index in [0.717, 1.165) is 17.4 Å². The van der Waals surface area contributed by atoms with Gasteiger partial charge in [0.25, 0.3) is 0 Å². The van der Waals surface area contributed by atoms with Gasteiger partial charge in [0.05, 0.1) is 11.4 Å². The zero-order valence-corrected chi connectivity index (χ0v) is 13.7. The van der Waals surface area contributed by atoms with Gasteiger partial charge in [-0.15, -0.1) is 5.10 Å². The molecule has 0 saturated heterocycles. The van der Waals surface area contributed by atoms with Crippen molar-refractivity contribution in [1.82, 2.24) is 30.8 Å². The summed E-state index contributed by atoms with van der Waals surface area (Å²) in [6.07, 6.45) is 0. The molecule has 0 atom stereocenters. The standard InChI is InChI=1S/C14H18N6O2S/c1-10(2)8-15-13(22)16-12(21)9-23-14-17-18-19-20(14)11-6-4-3-5-7-11/h3-7,10H,8-9H2,1-2H3,(H2,15,16,21,22). The minimum atomic E-state index is -0.494. The Morgan fingerprint density at radius 3 is 2.70 bits per heavy atom. The molecule has 23 heavy (non-hydrogen) atoms. The second-order valence-electron chi connectivity index (χ2n) is 5.15. The molecular formula is C14H18N6O2S. The van der Waals surface area contributed by atoms with Crippen LogP contribution in [0.15, 0.2) is 35.5 Å². The molecule has 0 spiro atoms. The zero-order valence-electron chi connectivity index (χ0n) is 12.9. The van der Waals surface area contributed by atoms with Gasteiger partial charge in [-0.2, -0.15) is 4.68 Å². The molecule has 122 valence electrons. The Hall–Kier alpha value is -2.42. The fourth-order valence-electron chi connectivity index (χ4n) is 1.63. The van der Waals surface area contributed by atoms with Crippen molar-refractivity contribution in [3.63, 3.8) is 0 Å². The first-order valence-corrected chi connectivity index (χ1v) is 8.09. The van der Waals surface area contributed by atoms with Crippen LogP contribution in [0.4, 0.5) is 4.79 Å². The molecule has 0 aliphatic heterocycles. The third-order valence-electron chi connectivity index (χ3n) is 2.70. The maximum absolute atomic E-state index is 11.8. The molecule has 9 heteroatoms. The summed E-state index contributed by atoms with van der Waals surface area (Å²) in [5.41, 5.74) is 0.801. The van der Waals surface area contributed by atoms with E-state index in [-0.39, 0.29) is 5.75 Å². The summed E-state index contributed by atoms with van der Waals surface area (Å²) >= 11 is 1.16. The van der Waals surface area contributed by atoms with Crippen molar-refractivity contribution in [2.24, 2.45) is 5.92 Å². The van der Waals surface area contributed by atoms with Crippen LogP contribution in [0.3, 0.4) is 0 Å². The van der Waals surface area contributed by atoms with Crippen LogP contribution in [0, 0.1) is 5.92 Å². The summed E-state index contributed by atoms with van der Waals surface area (Å²) in [4.78, 5) is 23.3. The first-order valence-electron chi connectivity index (χ1n) is 7.10. The number of nitrogens with zero attached hydrogens (tertiary/aromatic N) is 4. The fraction of sp³-hybridized carbons (Fsp3) is 0.357. The number of hydrogen-bond acceptors (Lipinski definition) is 6. The molecule has 0 bridgehead atoms. The number of thioether (sulfide) groups is 1. The fourth-order valence-corrected chi connectivity index (χ4v) is 2.32. The van der Waals surface area contributed by atoms with Gasteiger partial charge in [0.15, 0.2) is 0 Å². The van der Waals surface area contributed by atoms with Crippen LogP contribution in [-0.4, -0.2) is 44.4 Å². The Kier molecular flexibility index (Phi) is 6.10. The van der Waals surface area contributed by atoms with Crippen LogP contribution >= 0.6 is 11.8 Å². The van der Waals surface area contributed by atoms with Gasteiger partial charge < -0.3 is 5.32 Å². The third-order valence-corrected chi connectivity index (χ3v) is 3.62. The molecule has 2 rings (SSSR count). The summed E-state index contributed by atoms with van der Waals surface area (Å²) in [6.45, 7) is 4.46. The SMILES string of the molecule is CC(C)CNC(=O)NC(=O)CSc1nnnn1-c1ccccc1. The lowest BCUT2D eigenvalue weighted by Gasteiger charge is -2.08. The van der Waals surface area contributed by atoms with E-state index in [1.807, 2.05) is 44.2 Å². The Labute approximate surface area is 138 Å². The van der Waals surface area contributed by atoms with Crippen LogP contribution in [0.1, 0.15) is 13.8 Å². The van der Waals surface area contributed by atoms with Gasteiger partial charge >= 0.3 is 6.03 Å². The summed E-state index contributed by atoms with van der Waals surface area (Å²) in [6, 6.07) is 8.87. The van der Waals surface area contributed by atoms with Crippen molar-refractivity contribution in [2.75, 3.05) is 12.3 Å². The monoisotopic (exact) mass is 334 g/mol. The van der Waals surface area contributed by atoms with E-state index in [0.29, 0.717) is 17.6 Å². The number of para-hydroxylation sites is 1. The summed E-state index contributed by atoms with van der Waals surface area (Å²) < 4.78 is 1.54. The van der Waals surface area contributed by atoms with Crippen LogP contribution in [0.5, 0.6) is 0 Å². The highest BCUT2D eigenvalue weighted by molar-refractivity contribution is 7.99. The maximum atomic E-state index is 11.8. The lowest BCUT2D eigenvalue weighted by molar-refractivity contribution is -0.117. The van der Waals surface area contributed by atoms with Crippen LogP contribution in [0.25, 0.3) is 5.69 Å². The average molecular weight is 334 g/mol. The number of nitrogens with one attached hydrogen (secondary N) is 2. The molecule has 2 N–H and O–H groups in total. The summed E-state index contributed by atoms with van der Waals surface area (Å²) in [5, 5.41) is 16.8. The number of hydrogen-bond donors (Lipinski definition) is 2. The molecular weight excluding hydrogens is 316 g/mol. The number of carbonyl (C=O) groups is 2. The Morgan fingerprint density at radius 2 is 2.00 bits per heavy atom. The van der Waals surface area contributed by atoms with Crippen molar-refractivity contribution < 1.29 is 9.59 Å². The molecule has 1 aromatic heterocycles. The molecule has 8 nitrogen and oxygen atoms in total. The molecule has 0 aliphatic carbocycles. The Morgan fingerprint density at radius 1 is 1.26 bits per heavy atom. The number of urea groups is 1. The van der Waals surface area contributed by atoms with Gasteiger partial charge in [0.2, 0.25) is 11.1 Å². The van der Waals surface area contributed by atoms with Crippen molar-refractivity contribution in [3.05, 3.63) is 30.3 Å². The van der Waals surface area contributed by atoms with Gasteiger partial charge in [-0.05, 0) is 28.5 Å². The number of benzene rings is 1. The predicted molar refractivity (Wildman–Crippen MR) is 86.3 cm³/mol. The summed E-state index contributed by atoms with van der Waals surface area (Å²) in [7, 11) is 0. The second kappa shape index (κ2) is 8.28. The quantitative estimate of drug-likeness (QED) is 0.771. The number of carbonyl (C=O) groups excluding carboxylic acids is 2. The lowest BCUT2D eigenvalue weighted by atomic mass is 10.2. The van der Waals surface area contributed by atoms with Gasteiger partial charge in [-0.1, -0.05) is 43.8 Å². The number of aromatic nitrogens is 4. The minimum Gasteiger partial charge on any atom is -0.338 e. The normalized spacial score (nSPS) is 10.6. The Balaban J connectivity index is 1.86. The van der Waals surface area contributed by atoms with E-state index in [9.17, 15) is 9.59 Å². The van der Waals surface area contributed by atoms with Gasteiger partial charge in [0.1, 0.15) is 0 Å². The Bertz CT molecular complexity index is 658. The smallest absolute Gasteiger partial charge is 0.321 e. The topological polar surface area (TPSA) is 102 Å². The van der Waals surface area contributed by atoms with E-state index >= 15 is 0 Å². The third kappa shape index (κ3) is 5.37. The first-order chi connectivity index (χ1) is 11.1. The average Bonchev–Trinajstić information content (AvgIpc) is 3.00. The summed E-state index contributed by atoms with van der Waals surface area (Å²) in [5.74, 6) is -0.0398. The van der Waals surface area contributed by atoms with Crippen molar-refractivity contribution in [3.8, 4) is 5.69 Å². The van der Waals surface area contributed by atoms with Crippen LogP contribution in [0.2, 0.25) is 0 Å². The minimum absolute atomic E-state index is 0.0440. The highest BCUT2D eigenvalue weighted by Gasteiger charge is 2.13. The first kappa shape index (κ1) is 16.9. The van der Waals surface area contributed by atoms with Crippen molar-refractivity contribution in [2.45, 2.75) is 19.0 Å². The maximum Gasteiger partial charge on any atom is 0.321 e. The second-order valence-corrected chi connectivity index (χ2v) is 6.09. The highest BCUT2D eigenvalue weighted by atomic mass is 32.2. The van der Waals surface area contributed by atoms with Crippen LogP contribution < -0.4 is 10.6 Å². The van der Waals surface area contributed by atoms with Crippen molar-refractivity contribution in [1.29, 1.82) is 0 Å². The molecule has 1 heterocycles. The molecule has 0 unspecified atom stereocenters. The molecule has 0 radical (unpaired) electrons. The van der Waals surface area contributed by atoms with E-state index < -0.39 is 11.9 Å². The number of tetrazole rings is 1. The lowest BCUT2D eigenvalue weighted by Crippen LogP contribution is -2.41. The molecule has 1 aromatic carbocycles. The number of amides is 3. The van der Waals surface area contributed by atoms with E-state index in [1.54, 1.807) is 0 Å². The van der Waals surface area contributed by atoms with E-state index in [2.05, 4.69) is 26.2 Å². The molecule has 0 fully saturated rings. The highest BCUT2D eigenvalue weighted by Crippen LogP contribution is 2.17. The van der Waals surface area contributed by atoms with E-state index in [1.165, 1.54) is 4.68 Å². The van der Waals surface area contributed by atoms with Gasteiger partial charge in [0, 0.05) is 6.54 Å². The molecule has 0 aliphatic rings. The number of imide groups is 1. The van der Waals surface area contributed by atoms with Gasteiger partial charge in [-0.25, -0.2) is 4.79 Å². The molecule has 2 aromatic rings. The molecule has 0 saturated carbocycles. The van der Waals surface area contributed by atoms with Crippen LogP contribution in [-0.2, 0) is 4.79 Å². The largest absolute Gasteiger partial charge is 0.338 e. The van der Waals surface area contributed by atoms with Gasteiger partial charge in [-0.3, -0.25) is 10.1 Å². The number of rotatable bonds is 6. The van der Waals surface area contributed by atoms with Crippen molar-refractivity contribution >= 4 is 23.7 Å².